The lowest BCUT2D eigenvalue weighted by Gasteiger charge is -2.17. The summed E-state index contributed by atoms with van der Waals surface area (Å²) in [4.78, 5) is 13.3. The smallest absolute Gasteiger partial charge is 0.233 e. The van der Waals surface area contributed by atoms with E-state index < -0.39 is 0 Å². The van der Waals surface area contributed by atoms with E-state index in [1.54, 1.807) is 12.1 Å². The van der Waals surface area contributed by atoms with Crippen LogP contribution in [-0.2, 0) is 4.79 Å². The molecule has 2 rings (SSSR count). The van der Waals surface area contributed by atoms with Gasteiger partial charge < -0.3 is 5.32 Å². The number of hydrogen-bond acceptors (Lipinski definition) is 2. The van der Waals surface area contributed by atoms with Crippen molar-refractivity contribution in [2.45, 2.75) is 30.0 Å². The average Bonchev–Trinajstić information content (AvgIpc) is 2.48. The molecular weight excluding hydrogens is 285 g/mol. The lowest BCUT2D eigenvalue weighted by molar-refractivity contribution is -0.120. The maximum atomic E-state index is 12.9. The average molecular weight is 303 g/mol. The molecule has 0 aromatic heterocycles. The Morgan fingerprint density at radius 3 is 2.29 bits per heavy atom. The Kier molecular flexibility index (Phi) is 5.39. The number of carbonyl (C=O) groups is 1. The van der Waals surface area contributed by atoms with E-state index >= 15 is 0 Å². The van der Waals surface area contributed by atoms with Crippen LogP contribution in [0.1, 0.15) is 25.5 Å². The molecule has 2 aromatic rings. The van der Waals surface area contributed by atoms with Gasteiger partial charge in [-0.2, -0.15) is 0 Å². The molecule has 2 atom stereocenters. The maximum Gasteiger partial charge on any atom is 0.233 e. The van der Waals surface area contributed by atoms with E-state index in [4.69, 9.17) is 0 Å². The molecule has 2 aromatic carbocycles. The zero-order valence-electron chi connectivity index (χ0n) is 12.0. The topological polar surface area (TPSA) is 29.1 Å². The minimum Gasteiger partial charge on any atom is -0.349 e. The van der Waals surface area contributed by atoms with Gasteiger partial charge >= 0.3 is 0 Å². The summed E-state index contributed by atoms with van der Waals surface area (Å²) in [5.41, 5.74) is 0.890. The van der Waals surface area contributed by atoms with Gasteiger partial charge in [-0.3, -0.25) is 4.79 Å². The summed E-state index contributed by atoms with van der Waals surface area (Å²) >= 11 is 1.52. The minimum absolute atomic E-state index is 0.0271. The number of thioether (sulfide) groups is 1. The van der Waals surface area contributed by atoms with Crippen LogP contribution in [0.15, 0.2) is 59.5 Å². The summed E-state index contributed by atoms with van der Waals surface area (Å²) < 4.78 is 12.9. The minimum atomic E-state index is -0.273. The Morgan fingerprint density at radius 1 is 1.05 bits per heavy atom. The van der Waals surface area contributed by atoms with Crippen LogP contribution in [0.3, 0.4) is 0 Å². The summed E-state index contributed by atoms with van der Waals surface area (Å²) in [7, 11) is 0. The van der Waals surface area contributed by atoms with Crippen LogP contribution in [0, 0.1) is 5.82 Å². The molecule has 2 unspecified atom stereocenters. The third-order valence-electron chi connectivity index (χ3n) is 3.15. The van der Waals surface area contributed by atoms with Crippen LogP contribution in [0.25, 0.3) is 0 Å². The molecule has 110 valence electrons. The zero-order chi connectivity index (χ0) is 15.2. The highest BCUT2D eigenvalue weighted by molar-refractivity contribution is 8.00. The van der Waals surface area contributed by atoms with Crippen molar-refractivity contribution in [2.75, 3.05) is 0 Å². The Bertz CT molecular complexity index is 585. The first-order valence-corrected chi connectivity index (χ1v) is 7.72. The van der Waals surface area contributed by atoms with Crippen LogP contribution in [-0.4, -0.2) is 11.2 Å². The van der Waals surface area contributed by atoms with Crippen molar-refractivity contribution in [1.82, 2.24) is 5.32 Å². The summed E-state index contributed by atoms with van der Waals surface area (Å²) in [5.74, 6) is -0.300. The fourth-order valence-corrected chi connectivity index (χ4v) is 2.82. The number of amides is 1. The monoisotopic (exact) mass is 303 g/mol. The molecule has 0 heterocycles. The Balaban J connectivity index is 1.92. The third kappa shape index (κ3) is 4.60. The van der Waals surface area contributed by atoms with Gasteiger partial charge in [-0.05, 0) is 43.7 Å². The van der Waals surface area contributed by atoms with Gasteiger partial charge in [0, 0.05) is 4.90 Å². The summed E-state index contributed by atoms with van der Waals surface area (Å²) in [6, 6.07) is 15.9. The molecule has 0 aliphatic rings. The molecule has 0 saturated heterocycles. The lowest BCUT2D eigenvalue weighted by Crippen LogP contribution is -2.33. The van der Waals surface area contributed by atoms with Gasteiger partial charge in [0.1, 0.15) is 5.82 Å². The fraction of sp³-hybridized carbons (Fsp3) is 0.235. The van der Waals surface area contributed by atoms with Gasteiger partial charge in [-0.25, -0.2) is 4.39 Å². The quantitative estimate of drug-likeness (QED) is 0.839. The molecule has 0 radical (unpaired) electrons. The molecule has 0 fully saturated rings. The Labute approximate surface area is 128 Å². The number of benzene rings is 2. The van der Waals surface area contributed by atoms with E-state index in [9.17, 15) is 9.18 Å². The van der Waals surface area contributed by atoms with E-state index in [1.807, 2.05) is 44.2 Å². The number of halogens is 1. The number of rotatable bonds is 5. The Hall–Kier alpha value is -1.81. The summed E-state index contributed by atoms with van der Waals surface area (Å²) in [6.45, 7) is 3.77. The summed E-state index contributed by atoms with van der Waals surface area (Å²) in [6.07, 6.45) is 0. The first-order valence-electron chi connectivity index (χ1n) is 6.84. The highest BCUT2D eigenvalue weighted by Gasteiger charge is 2.17. The second-order valence-corrected chi connectivity index (χ2v) is 6.27. The van der Waals surface area contributed by atoms with Gasteiger partial charge in [0.25, 0.3) is 0 Å². The van der Waals surface area contributed by atoms with Crippen LogP contribution < -0.4 is 5.32 Å². The van der Waals surface area contributed by atoms with Crippen molar-refractivity contribution in [3.63, 3.8) is 0 Å². The van der Waals surface area contributed by atoms with E-state index in [2.05, 4.69) is 5.32 Å². The standard InChI is InChI=1S/C17H18FNOS/c1-12(14-8-10-15(18)11-9-14)19-17(20)13(2)21-16-6-4-3-5-7-16/h3-13H,1-2H3,(H,19,20). The number of nitrogens with one attached hydrogen (secondary N) is 1. The van der Waals surface area contributed by atoms with E-state index in [0.717, 1.165) is 10.5 Å². The molecule has 0 aliphatic carbocycles. The van der Waals surface area contributed by atoms with Gasteiger partial charge in [-0.15, -0.1) is 11.8 Å². The number of carbonyl (C=O) groups excluding carboxylic acids is 1. The molecular formula is C17H18FNOS. The molecule has 0 bridgehead atoms. The highest BCUT2D eigenvalue weighted by atomic mass is 32.2. The third-order valence-corrected chi connectivity index (χ3v) is 4.27. The largest absolute Gasteiger partial charge is 0.349 e. The van der Waals surface area contributed by atoms with Crippen molar-refractivity contribution in [3.05, 3.63) is 66.0 Å². The van der Waals surface area contributed by atoms with Crippen molar-refractivity contribution in [2.24, 2.45) is 0 Å². The molecule has 21 heavy (non-hydrogen) atoms. The van der Waals surface area contributed by atoms with Crippen LogP contribution in [0.4, 0.5) is 4.39 Å². The van der Waals surface area contributed by atoms with Gasteiger partial charge in [0.2, 0.25) is 5.91 Å². The second-order valence-electron chi connectivity index (χ2n) is 4.85. The van der Waals surface area contributed by atoms with Gasteiger partial charge in [0.05, 0.1) is 11.3 Å². The van der Waals surface area contributed by atoms with Crippen LogP contribution >= 0.6 is 11.8 Å². The van der Waals surface area contributed by atoms with Gasteiger partial charge in [-0.1, -0.05) is 30.3 Å². The summed E-state index contributed by atoms with van der Waals surface area (Å²) in [5, 5.41) is 2.77. The normalized spacial score (nSPS) is 13.5. The molecule has 4 heteroatoms. The first kappa shape index (κ1) is 15.6. The lowest BCUT2D eigenvalue weighted by atomic mass is 10.1. The predicted octanol–water partition coefficient (Wildman–Crippen LogP) is 4.18. The molecule has 1 N–H and O–H groups in total. The molecule has 0 aliphatic heterocycles. The van der Waals surface area contributed by atoms with E-state index in [1.165, 1.54) is 23.9 Å². The molecule has 1 amide bonds. The first-order chi connectivity index (χ1) is 10.1. The van der Waals surface area contributed by atoms with Crippen LogP contribution in [0.5, 0.6) is 0 Å². The molecule has 2 nitrogen and oxygen atoms in total. The Morgan fingerprint density at radius 2 is 1.67 bits per heavy atom. The van der Waals surface area contributed by atoms with Crippen molar-refractivity contribution in [1.29, 1.82) is 0 Å². The molecule has 0 saturated carbocycles. The highest BCUT2D eigenvalue weighted by Crippen LogP contribution is 2.23. The number of hydrogen-bond donors (Lipinski definition) is 1. The van der Waals surface area contributed by atoms with E-state index in [0.29, 0.717) is 0 Å². The SMILES string of the molecule is CC(Sc1ccccc1)C(=O)NC(C)c1ccc(F)cc1. The zero-order valence-corrected chi connectivity index (χ0v) is 12.9. The van der Waals surface area contributed by atoms with Crippen LogP contribution in [0.2, 0.25) is 0 Å². The fourth-order valence-electron chi connectivity index (χ4n) is 1.92. The molecule has 0 spiro atoms. The van der Waals surface area contributed by atoms with Crippen molar-refractivity contribution >= 4 is 17.7 Å². The van der Waals surface area contributed by atoms with E-state index in [-0.39, 0.29) is 23.0 Å². The second kappa shape index (κ2) is 7.27. The van der Waals surface area contributed by atoms with Gasteiger partial charge in [0.15, 0.2) is 0 Å². The predicted molar refractivity (Wildman–Crippen MR) is 84.7 cm³/mol. The maximum absolute atomic E-state index is 12.9. The van der Waals surface area contributed by atoms with Crippen molar-refractivity contribution < 1.29 is 9.18 Å². The van der Waals surface area contributed by atoms with Crippen molar-refractivity contribution in [3.8, 4) is 0 Å².